The fourth-order valence-corrected chi connectivity index (χ4v) is 2.47. The molecule has 98 valence electrons. The van der Waals surface area contributed by atoms with Gasteiger partial charge in [0.1, 0.15) is 5.82 Å². The molecule has 2 N–H and O–H groups in total. The largest absolute Gasteiger partial charge is 0.330 e. The fraction of sp³-hybridized carbons (Fsp3) is 0.533. The van der Waals surface area contributed by atoms with Crippen LogP contribution < -0.4 is 5.73 Å². The Bertz CT molecular complexity index is 509. The zero-order valence-electron chi connectivity index (χ0n) is 11.6. The third kappa shape index (κ3) is 2.41. The van der Waals surface area contributed by atoms with Crippen LogP contribution in [-0.2, 0) is 6.42 Å². The Morgan fingerprint density at radius 3 is 2.61 bits per heavy atom. The second-order valence-corrected chi connectivity index (χ2v) is 5.19. The highest BCUT2D eigenvalue weighted by atomic mass is 15.1. The Labute approximate surface area is 109 Å². The first kappa shape index (κ1) is 13.1. The molecule has 3 heteroatoms. The van der Waals surface area contributed by atoms with E-state index in [4.69, 9.17) is 10.7 Å². The molecular weight excluding hydrogens is 222 g/mol. The lowest BCUT2D eigenvalue weighted by Gasteiger charge is -2.16. The maximum absolute atomic E-state index is 5.81. The zero-order chi connectivity index (χ0) is 13.1. The van der Waals surface area contributed by atoms with Crippen LogP contribution in [0.4, 0.5) is 0 Å². The van der Waals surface area contributed by atoms with Gasteiger partial charge in [0, 0.05) is 12.5 Å². The second kappa shape index (κ2) is 5.53. The summed E-state index contributed by atoms with van der Waals surface area (Å²) in [6.45, 7) is 7.35. The summed E-state index contributed by atoms with van der Waals surface area (Å²) in [7, 11) is 0. The van der Waals surface area contributed by atoms with Gasteiger partial charge in [0.25, 0.3) is 0 Å². The molecule has 18 heavy (non-hydrogen) atoms. The topological polar surface area (TPSA) is 43.8 Å². The Hall–Kier alpha value is -1.35. The van der Waals surface area contributed by atoms with E-state index in [-0.39, 0.29) is 0 Å². The Morgan fingerprint density at radius 1 is 1.28 bits per heavy atom. The van der Waals surface area contributed by atoms with Crippen LogP contribution in [0.2, 0.25) is 0 Å². The van der Waals surface area contributed by atoms with Gasteiger partial charge in [0.2, 0.25) is 0 Å². The third-order valence-corrected chi connectivity index (χ3v) is 3.57. The molecule has 0 spiro atoms. The molecule has 2 aromatic rings. The predicted octanol–water partition coefficient (Wildman–Crippen LogP) is 3.14. The normalized spacial score (nSPS) is 13.4. The fourth-order valence-electron chi connectivity index (χ4n) is 2.47. The summed E-state index contributed by atoms with van der Waals surface area (Å²) in [4.78, 5) is 4.78. The minimum absolute atomic E-state index is 0.433. The molecule has 0 radical (unpaired) electrons. The van der Waals surface area contributed by atoms with Gasteiger partial charge in [-0.2, -0.15) is 0 Å². The number of rotatable bonds is 5. The van der Waals surface area contributed by atoms with E-state index < -0.39 is 0 Å². The maximum Gasteiger partial charge on any atom is 0.110 e. The predicted molar refractivity (Wildman–Crippen MR) is 76.7 cm³/mol. The van der Waals surface area contributed by atoms with Gasteiger partial charge in [0.15, 0.2) is 0 Å². The summed E-state index contributed by atoms with van der Waals surface area (Å²) in [5.74, 6) is 1.70. The first-order valence-corrected chi connectivity index (χ1v) is 6.83. The molecule has 0 aliphatic heterocycles. The summed E-state index contributed by atoms with van der Waals surface area (Å²) in [5.41, 5.74) is 8.14. The van der Waals surface area contributed by atoms with Crippen LogP contribution in [0.25, 0.3) is 11.0 Å². The first-order valence-electron chi connectivity index (χ1n) is 6.83. The molecule has 0 saturated heterocycles. The molecule has 3 nitrogen and oxygen atoms in total. The molecule has 1 heterocycles. The van der Waals surface area contributed by atoms with Crippen molar-refractivity contribution >= 4 is 11.0 Å². The highest BCUT2D eigenvalue weighted by Crippen LogP contribution is 2.23. The lowest BCUT2D eigenvalue weighted by molar-refractivity contribution is 0.478. The van der Waals surface area contributed by atoms with Crippen molar-refractivity contribution in [3.8, 4) is 0 Å². The van der Waals surface area contributed by atoms with E-state index in [0.29, 0.717) is 12.0 Å². The van der Waals surface area contributed by atoms with Crippen LogP contribution >= 0.6 is 0 Å². The molecule has 0 amide bonds. The van der Waals surface area contributed by atoms with Crippen molar-refractivity contribution in [2.75, 3.05) is 6.54 Å². The number of hydrogen-bond acceptors (Lipinski definition) is 2. The van der Waals surface area contributed by atoms with Crippen LogP contribution in [0.1, 0.15) is 39.1 Å². The summed E-state index contributed by atoms with van der Waals surface area (Å²) >= 11 is 0. The van der Waals surface area contributed by atoms with Gasteiger partial charge in [0.05, 0.1) is 11.0 Å². The van der Waals surface area contributed by atoms with E-state index in [0.717, 1.165) is 24.9 Å². The first-order chi connectivity index (χ1) is 8.67. The van der Waals surface area contributed by atoms with Gasteiger partial charge < -0.3 is 10.3 Å². The number of hydrogen-bond donors (Lipinski definition) is 1. The monoisotopic (exact) mass is 245 g/mol. The van der Waals surface area contributed by atoms with E-state index in [1.807, 2.05) is 6.07 Å². The standard InChI is InChI=1S/C15H23N3/c1-4-12(10-16)9-15-17-13-7-5-6-8-14(13)18(15)11(2)3/h5-8,11-12H,4,9-10,16H2,1-3H3. The van der Waals surface area contributed by atoms with E-state index >= 15 is 0 Å². The Balaban J connectivity index is 2.45. The molecule has 2 rings (SSSR count). The molecule has 0 aliphatic carbocycles. The number of para-hydroxylation sites is 2. The van der Waals surface area contributed by atoms with Crippen molar-refractivity contribution in [3.63, 3.8) is 0 Å². The molecule has 1 aromatic heterocycles. The maximum atomic E-state index is 5.81. The molecule has 1 aromatic carbocycles. The van der Waals surface area contributed by atoms with E-state index in [9.17, 15) is 0 Å². The molecule has 0 bridgehead atoms. The van der Waals surface area contributed by atoms with Crippen LogP contribution in [0, 0.1) is 5.92 Å². The quantitative estimate of drug-likeness (QED) is 0.879. The third-order valence-electron chi connectivity index (χ3n) is 3.57. The number of aromatic nitrogens is 2. The number of nitrogens with two attached hydrogens (primary N) is 1. The van der Waals surface area contributed by atoms with Crippen LogP contribution in [-0.4, -0.2) is 16.1 Å². The highest BCUT2D eigenvalue weighted by molar-refractivity contribution is 5.76. The zero-order valence-corrected chi connectivity index (χ0v) is 11.6. The highest BCUT2D eigenvalue weighted by Gasteiger charge is 2.15. The lowest BCUT2D eigenvalue weighted by atomic mass is 10.0. The second-order valence-electron chi connectivity index (χ2n) is 5.19. The molecule has 1 unspecified atom stereocenters. The van der Waals surface area contributed by atoms with Gasteiger partial charge in [-0.1, -0.05) is 25.5 Å². The average Bonchev–Trinajstić information content (AvgIpc) is 2.73. The minimum atomic E-state index is 0.433. The van der Waals surface area contributed by atoms with Gasteiger partial charge in [-0.15, -0.1) is 0 Å². The number of fused-ring (bicyclic) bond motifs is 1. The summed E-state index contributed by atoms with van der Waals surface area (Å²) in [5, 5.41) is 0. The average molecular weight is 245 g/mol. The Kier molecular flexibility index (Phi) is 4.02. The van der Waals surface area contributed by atoms with Crippen LogP contribution in [0.15, 0.2) is 24.3 Å². The van der Waals surface area contributed by atoms with E-state index in [1.54, 1.807) is 0 Å². The summed E-state index contributed by atoms with van der Waals surface area (Å²) in [6.07, 6.45) is 2.08. The van der Waals surface area contributed by atoms with Crippen molar-refractivity contribution in [1.82, 2.24) is 9.55 Å². The molecule has 0 aliphatic rings. The number of imidazole rings is 1. The smallest absolute Gasteiger partial charge is 0.110 e. The van der Waals surface area contributed by atoms with Crippen molar-refractivity contribution in [3.05, 3.63) is 30.1 Å². The van der Waals surface area contributed by atoms with Crippen LogP contribution in [0.5, 0.6) is 0 Å². The van der Waals surface area contributed by atoms with Gasteiger partial charge >= 0.3 is 0 Å². The van der Waals surface area contributed by atoms with Gasteiger partial charge in [-0.3, -0.25) is 0 Å². The van der Waals surface area contributed by atoms with Crippen molar-refractivity contribution in [1.29, 1.82) is 0 Å². The molecular formula is C15H23N3. The summed E-state index contributed by atoms with van der Waals surface area (Å²) < 4.78 is 2.34. The van der Waals surface area contributed by atoms with E-state index in [1.165, 1.54) is 11.3 Å². The van der Waals surface area contributed by atoms with E-state index in [2.05, 4.69) is 43.5 Å². The van der Waals surface area contributed by atoms with Crippen molar-refractivity contribution in [2.45, 2.75) is 39.7 Å². The number of benzene rings is 1. The van der Waals surface area contributed by atoms with Crippen LogP contribution in [0.3, 0.4) is 0 Å². The molecule has 0 saturated carbocycles. The molecule has 1 atom stereocenters. The summed E-state index contributed by atoms with van der Waals surface area (Å²) in [6, 6.07) is 8.79. The lowest BCUT2D eigenvalue weighted by Crippen LogP contribution is -2.19. The number of nitrogens with zero attached hydrogens (tertiary/aromatic N) is 2. The van der Waals surface area contributed by atoms with Gasteiger partial charge in [-0.25, -0.2) is 4.98 Å². The molecule has 0 fully saturated rings. The van der Waals surface area contributed by atoms with Crippen molar-refractivity contribution < 1.29 is 0 Å². The van der Waals surface area contributed by atoms with Gasteiger partial charge in [-0.05, 0) is 38.4 Å². The minimum Gasteiger partial charge on any atom is -0.330 e. The Morgan fingerprint density at radius 2 is 2.00 bits per heavy atom. The SMILES string of the molecule is CCC(CN)Cc1nc2ccccc2n1C(C)C. The van der Waals surface area contributed by atoms with Crippen molar-refractivity contribution in [2.24, 2.45) is 11.7 Å².